The van der Waals surface area contributed by atoms with Crippen molar-refractivity contribution in [2.45, 2.75) is 19.9 Å². The first-order chi connectivity index (χ1) is 8.65. The maximum absolute atomic E-state index is 11.8. The van der Waals surface area contributed by atoms with E-state index in [4.69, 9.17) is 0 Å². The molecule has 0 aliphatic carbocycles. The molecule has 1 aromatic carbocycles. The summed E-state index contributed by atoms with van der Waals surface area (Å²) < 4.78 is 0.963. The van der Waals surface area contributed by atoms with Gasteiger partial charge in [-0.2, -0.15) is 0 Å². The predicted octanol–water partition coefficient (Wildman–Crippen LogP) is 3.07. The number of carbonyl (C=O) groups excluding carboxylic acids is 1. The van der Waals surface area contributed by atoms with E-state index in [0.717, 1.165) is 20.7 Å². The van der Waals surface area contributed by atoms with Crippen LogP contribution in [0.15, 0.2) is 34.1 Å². The van der Waals surface area contributed by atoms with E-state index in [1.54, 1.807) is 11.3 Å². The van der Waals surface area contributed by atoms with Gasteiger partial charge >= 0.3 is 0 Å². The molecule has 3 nitrogen and oxygen atoms in total. The Kier molecular flexibility index (Phi) is 4.49. The van der Waals surface area contributed by atoms with Gasteiger partial charge in [-0.25, -0.2) is 4.98 Å². The zero-order valence-electron chi connectivity index (χ0n) is 9.94. The molecule has 0 unspecified atom stereocenters. The van der Waals surface area contributed by atoms with E-state index in [9.17, 15) is 4.79 Å². The minimum absolute atomic E-state index is 0.00903. The molecular weight excluding hydrogens is 312 g/mol. The third kappa shape index (κ3) is 3.65. The molecule has 1 amide bonds. The van der Waals surface area contributed by atoms with Gasteiger partial charge in [-0.05, 0) is 18.6 Å². The first-order valence-electron chi connectivity index (χ1n) is 5.56. The van der Waals surface area contributed by atoms with Crippen molar-refractivity contribution < 1.29 is 4.79 Å². The number of aromatic nitrogens is 1. The van der Waals surface area contributed by atoms with Gasteiger partial charge in [0.1, 0.15) is 5.01 Å². The Morgan fingerprint density at radius 1 is 1.44 bits per heavy atom. The Bertz CT molecular complexity index is 553. The van der Waals surface area contributed by atoms with E-state index in [-0.39, 0.29) is 5.91 Å². The van der Waals surface area contributed by atoms with Crippen molar-refractivity contribution in [3.8, 4) is 0 Å². The highest BCUT2D eigenvalue weighted by atomic mass is 79.9. The van der Waals surface area contributed by atoms with E-state index < -0.39 is 0 Å². The minimum Gasteiger partial charge on any atom is -0.349 e. The summed E-state index contributed by atoms with van der Waals surface area (Å²) in [5.41, 5.74) is 1.99. The second-order valence-electron chi connectivity index (χ2n) is 3.93. The van der Waals surface area contributed by atoms with E-state index in [1.807, 2.05) is 36.6 Å². The molecule has 0 spiro atoms. The summed E-state index contributed by atoms with van der Waals surface area (Å²) in [4.78, 5) is 16.1. The van der Waals surface area contributed by atoms with Crippen molar-refractivity contribution in [3.63, 3.8) is 0 Å². The van der Waals surface area contributed by atoms with Crippen LogP contribution < -0.4 is 5.32 Å². The molecule has 1 heterocycles. The summed E-state index contributed by atoms with van der Waals surface area (Å²) in [6.45, 7) is 2.45. The maximum Gasteiger partial charge on any atom is 0.224 e. The standard InChI is InChI=1S/C13H13BrN2OS/c1-9-8-18-13(16-9)7-15-12(17)6-10-4-2-3-5-11(10)14/h2-5,8H,6-7H2,1H3,(H,15,17). The largest absolute Gasteiger partial charge is 0.349 e. The Morgan fingerprint density at radius 2 is 2.22 bits per heavy atom. The number of hydrogen-bond acceptors (Lipinski definition) is 3. The van der Waals surface area contributed by atoms with E-state index in [0.29, 0.717) is 13.0 Å². The molecule has 2 aromatic rings. The van der Waals surface area contributed by atoms with Gasteiger partial charge in [-0.15, -0.1) is 11.3 Å². The van der Waals surface area contributed by atoms with Crippen LogP contribution in [0.25, 0.3) is 0 Å². The van der Waals surface area contributed by atoms with Crippen LogP contribution in [0.1, 0.15) is 16.3 Å². The number of rotatable bonds is 4. The Morgan fingerprint density at radius 3 is 2.89 bits per heavy atom. The van der Waals surface area contributed by atoms with Crippen LogP contribution in [0.5, 0.6) is 0 Å². The fourth-order valence-electron chi connectivity index (χ4n) is 1.54. The highest BCUT2D eigenvalue weighted by Gasteiger charge is 2.07. The summed E-state index contributed by atoms with van der Waals surface area (Å²) in [7, 11) is 0. The number of nitrogens with zero attached hydrogens (tertiary/aromatic N) is 1. The number of nitrogens with one attached hydrogen (secondary N) is 1. The molecule has 0 radical (unpaired) electrons. The molecule has 0 aliphatic heterocycles. The van der Waals surface area contributed by atoms with Gasteiger partial charge < -0.3 is 5.32 Å². The lowest BCUT2D eigenvalue weighted by Gasteiger charge is -2.05. The molecule has 94 valence electrons. The molecule has 0 aliphatic rings. The maximum atomic E-state index is 11.8. The fraction of sp³-hybridized carbons (Fsp3) is 0.231. The summed E-state index contributed by atoms with van der Waals surface area (Å²) >= 11 is 5.00. The zero-order chi connectivity index (χ0) is 13.0. The fourth-order valence-corrected chi connectivity index (χ4v) is 2.67. The third-order valence-electron chi connectivity index (χ3n) is 2.41. The third-order valence-corrected chi connectivity index (χ3v) is 4.15. The quantitative estimate of drug-likeness (QED) is 0.939. The highest BCUT2D eigenvalue weighted by Crippen LogP contribution is 2.16. The Labute approximate surface area is 118 Å². The number of aryl methyl sites for hydroxylation is 1. The lowest BCUT2D eigenvalue weighted by molar-refractivity contribution is -0.120. The number of hydrogen-bond donors (Lipinski definition) is 1. The number of benzene rings is 1. The van der Waals surface area contributed by atoms with Gasteiger partial charge in [0.25, 0.3) is 0 Å². The average molecular weight is 325 g/mol. The minimum atomic E-state index is 0.00903. The van der Waals surface area contributed by atoms with Crippen LogP contribution in [-0.4, -0.2) is 10.9 Å². The normalized spacial score (nSPS) is 10.3. The molecule has 1 aromatic heterocycles. The molecule has 18 heavy (non-hydrogen) atoms. The predicted molar refractivity (Wildman–Crippen MR) is 76.5 cm³/mol. The van der Waals surface area contributed by atoms with Crippen LogP contribution >= 0.6 is 27.3 Å². The van der Waals surface area contributed by atoms with Gasteiger partial charge in [-0.1, -0.05) is 34.1 Å². The van der Waals surface area contributed by atoms with Crippen LogP contribution in [-0.2, 0) is 17.8 Å². The number of thiazole rings is 1. The zero-order valence-corrected chi connectivity index (χ0v) is 12.3. The van der Waals surface area contributed by atoms with Crippen LogP contribution in [0.3, 0.4) is 0 Å². The van der Waals surface area contributed by atoms with E-state index in [1.165, 1.54) is 0 Å². The lowest BCUT2D eigenvalue weighted by Crippen LogP contribution is -2.24. The first-order valence-corrected chi connectivity index (χ1v) is 7.23. The van der Waals surface area contributed by atoms with E-state index in [2.05, 4.69) is 26.2 Å². The van der Waals surface area contributed by atoms with Gasteiger partial charge in [0, 0.05) is 15.5 Å². The SMILES string of the molecule is Cc1csc(CNC(=O)Cc2ccccc2Br)n1. The van der Waals surface area contributed by atoms with E-state index >= 15 is 0 Å². The average Bonchev–Trinajstić information content (AvgIpc) is 2.76. The van der Waals surface area contributed by atoms with Gasteiger partial charge in [0.2, 0.25) is 5.91 Å². The summed E-state index contributed by atoms with van der Waals surface area (Å²) in [6, 6.07) is 7.74. The molecule has 2 rings (SSSR count). The number of amides is 1. The topological polar surface area (TPSA) is 42.0 Å². The van der Waals surface area contributed by atoms with Gasteiger partial charge in [0.15, 0.2) is 0 Å². The highest BCUT2D eigenvalue weighted by molar-refractivity contribution is 9.10. The molecule has 0 fully saturated rings. The monoisotopic (exact) mass is 324 g/mol. The molecule has 0 saturated heterocycles. The second kappa shape index (κ2) is 6.11. The molecule has 1 N–H and O–H groups in total. The molecule has 0 saturated carbocycles. The van der Waals surface area contributed by atoms with Crippen molar-refractivity contribution in [3.05, 3.63) is 50.4 Å². The number of carbonyl (C=O) groups is 1. The van der Waals surface area contributed by atoms with Crippen molar-refractivity contribution in [2.24, 2.45) is 0 Å². The molecular formula is C13H13BrN2OS. The van der Waals surface area contributed by atoms with Crippen molar-refractivity contribution in [2.75, 3.05) is 0 Å². The van der Waals surface area contributed by atoms with Gasteiger partial charge in [-0.3, -0.25) is 4.79 Å². The van der Waals surface area contributed by atoms with Crippen LogP contribution in [0.2, 0.25) is 0 Å². The van der Waals surface area contributed by atoms with Crippen molar-refractivity contribution in [1.29, 1.82) is 0 Å². The molecule has 0 atom stereocenters. The molecule has 0 bridgehead atoms. The smallest absolute Gasteiger partial charge is 0.224 e. The van der Waals surface area contributed by atoms with Crippen LogP contribution in [0, 0.1) is 6.92 Å². The Hall–Kier alpha value is -1.20. The summed E-state index contributed by atoms with van der Waals surface area (Å²) in [5.74, 6) is 0.00903. The van der Waals surface area contributed by atoms with Crippen LogP contribution in [0.4, 0.5) is 0 Å². The van der Waals surface area contributed by atoms with Crippen molar-refractivity contribution in [1.82, 2.24) is 10.3 Å². The summed E-state index contributed by atoms with van der Waals surface area (Å²) in [6.07, 6.45) is 0.381. The second-order valence-corrected chi connectivity index (χ2v) is 5.72. The van der Waals surface area contributed by atoms with Crippen molar-refractivity contribution >= 4 is 33.2 Å². The summed E-state index contributed by atoms with van der Waals surface area (Å²) in [5, 5.41) is 5.80. The van der Waals surface area contributed by atoms with Gasteiger partial charge in [0.05, 0.1) is 13.0 Å². The lowest BCUT2D eigenvalue weighted by atomic mass is 10.1. The first kappa shape index (κ1) is 13.2. The Balaban J connectivity index is 1.88. The number of halogens is 1. The molecule has 5 heteroatoms.